The normalized spacial score (nSPS) is 11.3. The third kappa shape index (κ3) is 6.63. The van der Waals surface area contributed by atoms with Crippen molar-refractivity contribution in [3.63, 3.8) is 0 Å². The van der Waals surface area contributed by atoms with E-state index in [1.165, 1.54) is 48.0 Å². The van der Waals surface area contributed by atoms with Crippen LogP contribution in [0.25, 0.3) is 0 Å². The third-order valence-electron chi connectivity index (χ3n) is 4.82. The van der Waals surface area contributed by atoms with E-state index in [2.05, 4.69) is 27.1 Å². The third-order valence-corrected chi connectivity index (χ3v) is 6.19. The molecule has 1 amide bonds. The second-order valence-corrected chi connectivity index (χ2v) is 9.13. The van der Waals surface area contributed by atoms with Crippen molar-refractivity contribution in [1.82, 2.24) is 10.2 Å². The molecular weight excluding hydrogens is 429 g/mol. The van der Waals surface area contributed by atoms with Crippen molar-refractivity contribution in [3.05, 3.63) is 95.8 Å². The SMILES string of the molecule is CN(CCCNC(=O)c1cccc(S(=O)(=O)Nc2ccccc2F)c1)Cc1ccccc1. The molecule has 3 aromatic carbocycles. The first-order chi connectivity index (χ1) is 15.3. The minimum absolute atomic E-state index is 0.115. The van der Waals surface area contributed by atoms with Crippen molar-refractivity contribution < 1.29 is 17.6 Å². The number of nitrogens with one attached hydrogen (secondary N) is 2. The van der Waals surface area contributed by atoms with Crippen LogP contribution in [-0.2, 0) is 16.6 Å². The van der Waals surface area contributed by atoms with Crippen LogP contribution >= 0.6 is 0 Å². The van der Waals surface area contributed by atoms with Gasteiger partial charge in [0.1, 0.15) is 5.82 Å². The summed E-state index contributed by atoms with van der Waals surface area (Å²) in [5, 5.41) is 2.81. The van der Waals surface area contributed by atoms with E-state index in [0.717, 1.165) is 19.5 Å². The van der Waals surface area contributed by atoms with Crippen molar-refractivity contribution >= 4 is 21.6 Å². The summed E-state index contributed by atoms with van der Waals surface area (Å²) in [5.74, 6) is -1.04. The molecule has 0 atom stereocenters. The van der Waals surface area contributed by atoms with Gasteiger partial charge < -0.3 is 10.2 Å². The molecule has 0 aliphatic heterocycles. The maximum Gasteiger partial charge on any atom is 0.262 e. The second kappa shape index (κ2) is 10.9. The number of anilines is 1. The average molecular weight is 456 g/mol. The molecule has 0 aliphatic carbocycles. The van der Waals surface area contributed by atoms with Gasteiger partial charge in [0, 0.05) is 18.7 Å². The zero-order valence-corrected chi connectivity index (χ0v) is 18.6. The number of halogens is 1. The smallest absolute Gasteiger partial charge is 0.262 e. The van der Waals surface area contributed by atoms with Crippen LogP contribution in [-0.4, -0.2) is 39.4 Å². The van der Waals surface area contributed by atoms with Gasteiger partial charge in [0.2, 0.25) is 0 Å². The Bertz CT molecular complexity index is 1150. The largest absolute Gasteiger partial charge is 0.352 e. The van der Waals surface area contributed by atoms with E-state index in [1.54, 1.807) is 6.07 Å². The van der Waals surface area contributed by atoms with Gasteiger partial charge in [-0.15, -0.1) is 0 Å². The van der Waals surface area contributed by atoms with Gasteiger partial charge in [-0.05, 0) is 55.9 Å². The standard InChI is InChI=1S/C24H26FN3O3S/c1-28(18-19-9-3-2-4-10-19)16-8-15-26-24(29)20-11-7-12-21(17-20)32(30,31)27-23-14-6-5-13-22(23)25/h2-7,9-14,17,27H,8,15-16,18H2,1H3,(H,26,29). The molecule has 3 aromatic rings. The molecule has 3 rings (SSSR count). The Morgan fingerprint density at radius 1 is 0.969 bits per heavy atom. The lowest BCUT2D eigenvalue weighted by Gasteiger charge is -2.16. The molecule has 0 saturated carbocycles. The summed E-state index contributed by atoms with van der Waals surface area (Å²) in [5.41, 5.74) is 1.29. The Morgan fingerprint density at radius 2 is 1.69 bits per heavy atom. The Kier molecular flexibility index (Phi) is 7.97. The predicted molar refractivity (Wildman–Crippen MR) is 123 cm³/mol. The summed E-state index contributed by atoms with van der Waals surface area (Å²) in [4.78, 5) is 14.5. The number of carbonyl (C=O) groups is 1. The molecule has 0 fully saturated rings. The Morgan fingerprint density at radius 3 is 2.44 bits per heavy atom. The van der Waals surface area contributed by atoms with Crippen LogP contribution in [0.4, 0.5) is 10.1 Å². The first kappa shape index (κ1) is 23.4. The second-order valence-electron chi connectivity index (χ2n) is 7.45. The van der Waals surface area contributed by atoms with E-state index >= 15 is 0 Å². The summed E-state index contributed by atoms with van der Waals surface area (Å²) in [6, 6.07) is 21.3. The molecule has 168 valence electrons. The van der Waals surface area contributed by atoms with Crippen LogP contribution in [0.5, 0.6) is 0 Å². The van der Waals surface area contributed by atoms with E-state index in [9.17, 15) is 17.6 Å². The topological polar surface area (TPSA) is 78.5 Å². The van der Waals surface area contributed by atoms with Gasteiger partial charge in [-0.1, -0.05) is 48.5 Å². The highest BCUT2D eigenvalue weighted by atomic mass is 32.2. The summed E-state index contributed by atoms with van der Waals surface area (Å²) < 4.78 is 41.2. The van der Waals surface area contributed by atoms with Crippen LogP contribution in [0.3, 0.4) is 0 Å². The molecule has 0 heterocycles. The minimum Gasteiger partial charge on any atom is -0.352 e. The lowest BCUT2D eigenvalue weighted by atomic mass is 10.2. The Balaban J connectivity index is 1.53. The lowest BCUT2D eigenvalue weighted by Crippen LogP contribution is -2.28. The van der Waals surface area contributed by atoms with Gasteiger partial charge in [0.05, 0.1) is 10.6 Å². The van der Waals surface area contributed by atoms with Crippen LogP contribution in [0.15, 0.2) is 83.8 Å². The number of para-hydroxylation sites is 1. The zero-order valence-electron chi connectivity index (χ0n) is 17.8. The van der Waals surface area contributed by atoms with Gasteiger partial charge in [-0.3, -0.25) is 9.52 Å². The molecule has 8 heteroatoms. The molecule has 0 bridgehead atoms. The monoisotopic (exact) mass is 455 g/mol. The molecule has 0 aromatic heterocycles. The summed E-state index contributed by atoms with van der Waals surface area (Å²) in [6.45, 7) is 2.09. The molecule has 32 heavy (non-hydrogen) atoms. The van der Waals surface area contributed by atoms with Crippen LogP contribution in [0, 0.1) is 5.82 Å². The molecule has 0 aliphatic rings. The molecule has 6 nitrogen and oxygen atoms in total. The number of rotatable bonds is 10. The summed E-state index contributed by atoms with van der Waals surface area (Å²) >= 11 is 0. The summed E-state index contributed by atoms with van der Waals surface area (Å²) in [7, 11) is -2.02. The van der Waals surface area contributed by atoms with Gasteiger partial charge in [0.25, 0.3) is 15.9 Å². The minimum atomic E-state index is -4.03. The first-order valence-corrected chi connectivity index (χ1v) is 11.7. The fourth-order valence-corrected chi connectivity index (χ4v) is 4.29. The molecule has 0 spiro atoms. The number of carbonyl (C=O) groups excluding carboxylic acids is 1. The fourth-order valence-electron chi connectivity index (χ4n) is 3.18. The van der Waals surface area contributed by atoms with E-state index in [4.69, 9.17) is 0 Å². The molecular formula is C24H26FN3O3S. The highest BCUT2D eigenvalue weighted by Crippen LogP contribution is 2.19. The van der Waals surface area contributed by atoms with Crippen molar-refractivity contribution in [2.24, 2.45) is 0 Å². The highest BCUT2D eigenvalue weighted by molar-refractivity contribution is 7.92. The summed E-state index contributed by atoms with van der Waals surface area (Å²) in [6.07, 6.45) is 0.752. The highest BCUT2D eigenvalue weighted by Gasteiger charge is 2.18. The van der Waals surface area contributed by atoms with E-state index in [0.29, 0.717) is 6.54 Å². The van der Waals surface area contributed by atoms with E-state index < -0.39 is 15.8 Å². The maximum atomic E-state index is 13.8. The number of amides is 1. The van der Waals surface area contributed by atoms with Gasteiger partial charge in [-0.25, -0.2) is 12.8 Å². The van der Waals surface area contributed by atoms with Crippen molar-refractivity contribution in [2.45, 2.75) is 17.9 Å². The number of nitrogens with zero attached hydrogens (tertiary/aromatic N) is 1. The molecule has 0 radical (unpaired) electrons. The number of hydrogen-bond donors (Lipinski definition) is 2. The zero-order chi connectivity index (χ0) is 23.0. The molecule has 0 unspecified atom stereocenters. The lowest BCUT2D eigenvalue weighted by molar-refractivity contribution is 0.0951. The van der Waals surface area contributed by atoms with Gasteiger partial charge >= 0.3 is 0 Å². The van der Waals surface area contributed by atoms with Crippen LogP contribution < -0.4 is 10.0 Å². The quantitative estimate of drug-likeness (QED) is 0.455. The Hall–Kier alpha value is -3.23. The maximum absolute atomic E-state index is 13.8. The van der Waals surface area contributed by atoms with Crippen molar-refractivity contribution in [1.29, 1.82) is 0 Å². The first-order valence-electron chi connectivity index (χ1n) is 10.2. The number of benzene rings is 3. The van der Waals surface area contributed by atoms with Crippen LogP contribution in [0.1, 0.15) is 22.3 Å². The fraction of sp³-hybridized carbons (Fsp3) is 0.208. The predicted octanol–water partition coefficient (Wildman–Crippen LogP) is 3.88. The number of sulfonamides is 1. The van der Waals surface area contributed by atoms with E-state index in [-0.39, 0.29) is 22.1 Å². The van der Waals surface area contributed by atoms with E-state index in [1.807, 2.05) is 25.2 Å². The van der Waals surface area contributed by atoms with Crippen LogP contribution in [0.2, 0.25) is 0 Å². The molecule has 2 N–H and O–H groups in total. The number of hydrogen-bond acceptors (Lipinski definition) is 4. The Labute approximate surface area is 188 Å². The van der Waals surface area contributed by atoms with Crippen molar-refractivity contribution in [2.75, 3.05) is 24.9 Å². The van der Waals surface area contributed by atoms with Crippen molar-refractivity contribution in [3.8, 4) is 0 Å². The van der Waals surface area contributed by atoms with Gasteiger partial charge in [-0.2, -0.15) is 0 Å². The molecule has 0 saturated heterocycles. The average Bonchev–Trinajstić information content (AvgIpc) is 2.79. The van der Waals surface area contributed by atoms with Gasteiger partial charge in [0.15, 0.2) is 0 Å².